The molecule has 0 aliphatic heterocycles. The van der Waals surface area contributed by atoms with Crippen LogP contribution in [0.1, 0.15) is 36.3 Å². The van der Waals surface area contributed by atoms with Crippen LogP contribution >= 0.6 is 0 Å². The van der Waals surface area contributed by atoms with Gasteiger partial charge in [0.15, 0.2) is 0 Å². The van der Waals surface area contributed by atoms with E-state index in [4.69, 9.17) is 11.5 Å². The number of nitrogens with zero attached hydrogens (tertiary/aromatic N) is 3. The van der Waals surface area contributed by atoms with Gasteiger partial charge in [-0.25, -0.2) is 14.8 Å². The van der Waals surface area contributed by atoms with Crippen molar-refractivity contribution in [2.45, 2.75) is 57.2 Å². The lowest BCUT2D eigenvalue weighted by Gasteiger charge is -2.22. The largest absolute Gasteiger partial charge is 0.480 e. The van der Waals surface area contributed by atoms with Crippen molar-refractivity contribution >= 4 is 29.6 Å². The number of amides is 4. The third-order valence-electron chi connectivity index (χ3n) is 6.14. The number of aryl methyl sites for hydroxylation is 2. The fraction of sp³-hybridized carbons (Fsp3) is 0.542. The maximum atomic E-state index is 13.1. The molecule has 3 atom stereocenters. The monoisotopic (exact) mass is 562 g/mol. The number of aromatic nitrogens is 4. The maximum Gasteiger partial charge on any atom is 0.326 e. The van der Waals surface area contributed by atoms with E-state index >= 15 is 0 Å². The number of carboxylic acids is 1. The van der Waals surface area contributed by atoms with Crippen LogP contribution in [0.2, 0.25) is 0 Å². The minimum absolute atomic E-state index is 0.0222. The van der Waals surface area contributed by atoms with E-state index in [-0.39, 0.29) is 25.8 Å². The number of carbonyl (C=O) groups excluding carboxylic acids is 4. The number of unbranched alkanes of at least 4 members (excludes halogenated alkanes) is 1. The average molecular weight is 563 g/mol. The topological polar surface area (TPSA) is 252 Å². The molecule has 16 heteroatoms. The lowest BCUT2D eigenvalue weighted by Crippen LogP contribution is -2.55. The summed E-state index contributed by atoms with van der Waals surface area (Å²) in [4.78, 5) is 73.3. The molecule has 40 heavy (non-hydrogen) atoms. The SMILES string of the molecule is Cc1[nH]cnc1C[C@H](NC(=O)CNC(=O)[C@H](Cc1cncn1C)NC(=O)CN)C(=O)N[C@@H](CCCCN)C(=O)O. The third-order valence-corrected chi connectivity index (χ3v) is 6.14. The molecule has 2 aromatic heterocycles. The number of carboxylic acid groups (broad SMARTS) is 1. The molecule has 0 aliphatic carbocycles. The minimum atomic E-state index is -1.21. The fourth-order valence-corrected chi connectivity index (χ4v) is 3.81. The Kier molecular flexibility index (Phi) is 12.7. The molecule has 2 aromatic rings. The zero-order valence-corrected chi connectivity index (χ0v) is 22.6. The van der Waals surface area contributed by atoms with E-state index in [0.717, 1.165) is 0 Å². The summed E-state index contributed by atoms with van der Waals surface area (Å²) in [6.45, 7) is 1.29. The van der Waals surface area contributed by atoms with Crippen LogP contribution in [-0.2, 0) is 43.9 Å². The standard InChI is InChI=1S/C24H38N10O6/c1-14-17(30-12-29-14)8-19(23(38)33-16(24(39)40)5-3-4-6-25)32-21(36)11-28-22(37)18(31-20(35)9-26)7-15-10-27-13-34(15)2/h10,12-13,16,18-19H,3-9,11,25-26H2,1-2H3,(H,28,37)(H,29,30)(H,31,35)(H,32,36)(H,33,38)(H,39,40)/t16-,18-,19-/m0/s1. The Morgan fingerprint density at radius 1 is 1.00 bits per heavy atom. The summed E-state index contributed by atoms with van der Waals surface area (Å²) in [6.07, 6.45) is 5.86. The predicted molar refractivity (Wildman–Crippen MR) is 142 cm³/mol. The first-order valence-corrected chi connectivity index (χ1v) is 12.8. The number of H-pyrrole nitrogens is 1. The molecule has 10 N–H and O–H groups in total. The van der Waals surface area contributed by atoms with Gasteiger partial charge in [0.1, 0.15) is 18.1 Å². The van der Waals surface area contributed by atoms with Gasteiger partial charge in [0.05, 0.1) is 31.4 Å². The highest BCUT2D eigenvalue weighted by Gasteiger charge is 2.28. The minimum Gasteiger partial charge on any atom is -0.480 e. The van der Waals surface area contributed by atoms with Crippen LogP contribution < -0.4 is 32.7 Å². The van der Waals surface area contributed by atoms with Crippen LogP contribution in [0.4, 0.5) is 0 Å². The van der Waals surface area contributed by atoms with E-state index in [1.807, 2.05) is 0 Å². The van der Waals surface area contributed by atoms with Gasteiger partial charge >= 0.3 is 5.97 Å². The van der Waals surface area contributed by atoms with Crippen molar-refractivity contribution in [2.24, 2.45) is 18.5 Å². The number of hydrogen-bond donors (Lipinski definition) is 8. The van der Waals surface area contributed by atoms with Gasteiger partial charge in [-0.2, -0.15) is 0 Å². The quantitative estimate of drug-likeness (QED) is 0.0906. The summed E-state index contributed by atoms with van der Waals surface area (Å²) in [5, 5.41) is 19.5. The number of aromatic amines is 1. The average Bonchev–Trinajstić information content (AvgIpc) is 3.52. The van der Waals surface area contributed by atoms with Gasteiger partial charge in [0, 0.05) is 37.5 Å². The second-order valence-electron chi connectivity index (χ2n) is 9.22. The lowest BCUT2D eigenvalue weighted by molar-refractivity contribution is -0.142. The third kappa shape index (κ3) is 10.1. The molecule has 0 spiro atoms. The summed E-state index contributed by atoms with van der Waals surface area (Å²) < 4.78 is 1.68. The Labute approximate surface area is 231 Å². The molecule has 0 unspecified atom stereocenters. The molecule has 4 amide bonds. The summed E-state index contributed by atoms with van der Waals surface area (Å²) in [7, 11) is 1.73. The van der Waals surface area contributed by atoms with E-state index in [1.165, 1.54) is 6.33 Å². The van der Waals surface area contributed by atoms with Gasteiger partial charge in [-0.05, 0) is 32.7 Å². The molecule has 16 nitrogen and oxygen atoms in total. The summed E-state index contributed by atoms with van der Waals surface area (Å²) in [5.74, 6) is -3.84. The van der Waals surface area contributed by atoms with Crippen molar-refractivity contribution in [1.29, 1.82) is 0 Å². The summed E-state index contributed by atoms with van der Waals surface area (Å²) in [5.41, 5.74) is 12.7. The van der Waals surface area contributed by atoms with E-state index < -0.39 is 54.3 Å². The molecule has 2 rings (SSSR count). The summed E-state index contributed by atoms with van der Waals surface area (Å²) >= 11 is 0. The molecule has 0 radical (unpaired) electrons. The molecule has 220 valence electrons. The predicted octanol–water partition coefficient (Wildman–Crippen LogP) is -3.02. The Hall–Kier alpha value is -4.31. The van der Waals surface area contributed by atoms with Crippen molar-refractivity contribution in [3.8, 4) is 0 Å². The molecule has 0 saturated carbocycles. The van der Waals surface area contributed by atoms with Gasteiger partial charge in [0.2, 0.25) is 23.6 Å². The van der Waals surface area contributed by atoms with Crippen LogP contribution in [0.25, 0.3) is 0 Å². The first-order chi connectivity index (χ1) is 19.0. The molecular weight excluding hydrogens is 524 g/mol. The highest BCUT2D eigenvalue weighted by atomic mass is 16.4. The van der Waals surface area contributed by atoms with Crippen molar-refractivity contribution in [3.63, 3.8) is 0 Å². The van der Waals surface area contributed by atoms with Crippen LogP contribution in [0, 0.1) is 6.92 Å². The number of nitrogens with one attached hydrogen (secondary N) is 5. The van der Waals surface area contributed by atoms with E-state index in [1.54, 1.807) is 31.1 Å². The molecule has 2 heterocycles. The van der Waals surface area contributed by atoms with Crippen molar-refractivity contribution < 1.29 is 29.1 Å². The summed E-state index contributed by atoms with van der Waals surface area (Å²) in [6, 6.07) is -3.38. The number of rotatable bonds is 17. The van der Waals surface area contributed by atoms with E-state index in [9.17, 15) is 29.1 Å². The normalized spacial score (nSPS) is 13.1. The van der Waals surface area contributed by atoms with Crippen molar-refractivity contribution in [1.82, 2.24) is 40.8 Å². The fourth-order valence-electron chi connectivity index (χ4n) is 3.81. The van der Waals surface area contributed by atoms with Gasteiger partial charge in [-0.15, -0.1) is 0 Å². The van der Waals surface area contributed by atoms with Crippen LogP contribution in [0.5, 0.6) is 0 Å². The number of hydrogen-bond acceptors (Lipinski definition) is 9. The molecule has 0 bridgehead atoms. The Morgan fingerprint density at radius 2 is 1.70 bits per heavy atom. The smallest absolute Gasteiger partial charge is 0.326 e. The molecular formula is C24H38N10O6. The van der Waals surface area contributed by atoms with E-state index in [0.29, 0.717) is 36.5 Å². The van der Waals surface area contributed by atoms with Gasteiger partial charge < -0.3 is 47.4 Å². The van der Waals surface area contributed by atoms with Crippen LogP contribution in [0.15, 0.2) is 18.9 Å². The first-order valence-electron chi connectivity index (χ1n) is 12.8. The first kappa shape index (κ1) is 31.9. The Balaban J connectivity index is 2.08. The number of nitrogens with two attached hydrogens (primary N) is 2. The number of aliphatic carboxylic acids is 1. The van der Waals surface area contributed by atoms with Gasteiger partial charge in [-0.1, -0.05) is 0 Å². The molecule has 0 aromatic carbocycles. The lowest BCUT2D eigenvalue weighted by atomic mass is 10.1. The second kappa shape index (κ2) is 15.9. The molecule has 0 saturated heterocycles. The zero-order chi connectivity index (χ0) is 29.7. The Bertz CT molecular complexity index is 1160. The molecule has 0 aliphatic rings. The zero-order valence-electron chi connectivity index (χ0n) is 22.6. The van der Waals surface area contributed by atoms with Crippen LogP contribution in [0.3, 0.4) is 0 Å². The molecule has 0 fully saturated rings. The number of imidazole rings is 2. The van der Waals surface area contributed by atoms with E-state index in [2.05, 4.69) is 36.2 Å². The van der Waals surface area contributed by atoms with Crippen molar-refractivity contribution in [3.05, 3.63) is 35.9 Å². The highest BCUT2D eigenvalue weighted by molar-refractivity contribution is 5.93. The Morgan fingerprint density at radius 3 is 2.27 bits per heavy atom. The van der Waals surface area contributed by atoms with Gasteiger partial charge in [-0.3, -0.25) is 19.2 Å². The van der Waals surface area contributed by atoms with Gasteiger partial charge in [0.25, 0.3) is 0 Å². The number of carbonyl (C=O) groups is 5. The van der Waals surface area contributed by atoms with Crippen molar-refractivity contribution in [2.75, 3.05) is 19.6 Å². The maximum absolute atomic E-state index is 13.1. The second-order valence-corrected chi connectivity index (χ2v) is 9.22. The highest BCUT2D eigenvalue weighted by Crippen LogP contribution is 2.07. The van der Waals surface area contributed by atoms with Crippen LogP contribution in [-0.4, -0.2) is 92.0 Å².